The van der Waals surface area contributed by atoms with Crippen LogP contribution in [0, 0.1) is 0 Å². The molecule has 2 aromatic carbocycles. The summed E-state index contributed by atoms with van der Waals surface area (Å²) in [5.74, 6) is 0.0890. The van der Waals surface area contributed by atoms with Gasteiger partial charge in [-0.05, 0) is 71.3 Å². The molecule has 1 N–H and O–H groups in total. The Morgan fingerprint density at radius 2 is 1.83 bits per heavy atom. The van der Waals surface area contributed by atoms with Gasteiger partial charge in [-0.3, -0.25) is 4.79 Å². The Hall–Kier alpha value is -3.81. The first-order valence-electron chi connectivity index (χ1n) is 9.20. The first-order valence-corrected chi connectivity index (χ1v) is 9.20. The van der Waals surface area contributed by atoms with Crippen molar-refractivity contribution in [3.63, 3.8) is 0 Å². The van der Waals surface area contributed by atoms with Gasteiger partial charge in [-0.25, -0.2) is 9.48 Å². The summed E-state index contributed by atoms with van der Waals surface area (Å²) in [5, 5.41) is 14.7. The summed E-state index contributed by atoms with van der Waals surface area (Å²) in [6, 6.07) is 14.6. The molecule has 0 atom stereocenters. The predicted octanol–water partition coefficient (Wildman–Crippen LogP) is 3.11. The number of amides is 1. The lowest BCUT2D eigenvalue weighted by Gasteiger charge is -2.05. The molecule has 0 bridgehead atoms. The number of carbonyl (C=O) groups is 2. The Labute approximate surface area is 167 Å². The van der Waals surface area contributed by atoms with Gasteiger partial charge in [-0.2, -0.15) is 0 Å². The van der Waals surface area contributed by atoms with Crippen molar-refractivity contribution in [3.05, 3.63) is 65.7 Å². The lowest BCUT2D eigenvalue weighted by atomic mass is 10.1. The van der Waals surface area contributed by atoms with Gasteiger partial charge in [0.25, 0.3) is 0 Å². The molecule has 1 saturated carbocycles. The average Bonchev–Trinajstić information content (AvgIpc) is 3.49. The number of rotatable bonds is 6. The highest BCUT2D eigenvalue weighted by molar-refractivity contribution is 6.02. The molecule has 0 spiro atoms. The van der Waals surface area contributed by atoms with E-state index in [4.69, 9.17) is 0 Å². The fourth-order valence-electron chi connectivity index (χ4n) is 2.86. The monoisotopic (exact) mass is 389 g/mol. The standard InChI is InChI=1S/C21H19N5O3/c1-29-21(28)16-5-2-14(3-6-16)4-13-19(27)22-17-9-7-15(8-10-17)20-23-24-25-26(20)18-11-12-18/h2-10,13,18H,11-12H2,1H3,(H,22,27)/b13-4+. The summed E-state index contributed by atoms with van der Waals surface area (Å²) < 4.78 is 6.51. The summed E-state index contributed by atoms with van der Waals surface area (Å²) in [5.41, 5.74) is 2.84. The number of aromatic nitrogens is 4. The lowest BCUT2D eigenvalue weighted by molar-refractivity contribution is -0.111. The fraction of sp³-hybridized carbons (Fsp3) is 0.190. The molecule has 0 unspecified atom stereocenters. The number of benzene rings is 2. The minimum Gasteiger partial charge on any atom is -0.465 e. The molecule has 1 amide bonds. The minimum absolute atomic E-state index is 0.252. The number of ether oxygens (including phenoxy) is 1. The Bertz CT molecular complexity index is 1050. The Kier molecular flexibility index (Phi) is 5.15. The number of esters is 1. The van der Waals surface area contributed by atoms with Gasteiger partial charge in [-0.15, -0.1) is 5.10 Å². The molecule has 146 valence electrons. The van der Waals surface area contributed by atoms with Crippen molar-refractivity contribution in [2.45, 2.75) is 18.9 Å². The highest BCUT2D eigenvalue weighted by Gasteiger charge is 2.28. The summed E-state index contributed by atoms with van der Waals surface area (Å²) in [6.45, 7) is 0. The van der Waals surface area contributed by atoms with Crippen molar-refractivity contribution < 1.29 is 14.3 Å². The molecule has 8 nitrogen and oxygen atoms in total. The number of anilines is 1. The molecular weight excluding hydrogens is 370 g/mol. The van der Waals surface area contributed by atoms with E-state index in [1.54, 1.807) is 30.3 Å². The summed E-state index contributed by atoms with van der Waals surface area (Å²) in [6.07, 6.45) is 5.32. The van der Waals surface area contributed by atoms with Gasteiger partial charge >= 0.3 is 5.97 Å². The third kappa shape index (κ3) is 4.37. The van der Waals surface area contributed by atoms with E-state index in [1.165, 1.54) is 13.2 Å². The average molecular weight is 389 g/mol. The van der Waals surface area contributed by atoms with E-state index >= 15 is 0 Å². The second-order valence-electron chi connectivity index (χ2n) is 6.69. The number of nitrogens with one attached hydrogen (secondary N) is 1. The molecule has 1 aromatic heterocycles. The van der Waals surface area contributed by atoms with Crippen LogP contribution in [0.15, 0.2) is 54.6 Å². The molecule has 1 fully saturated rings. The zero-order chi connectivity index (χ0) is 20.2. The number of methoxy groups -OCH3 is 1. The molecule has 8 heteroatoms. The largest absolute Gasteiger partial charge is 0.465 e. The molecule has 1 heterocycles. The maximum absolute atomic E-state index is 12.2. The lowest BCUT2D eigenvalue weighted by Crippen LogP contribution is -2.07. The smallest absolute Gasteiger partial charge is 0.337 e. The molecule has 0 aliphatic heterocycles. The predicted molar refractivity (Wildman–Crippen MR) is 107 cm³/mol. The van der Waals surface area contributed by atoms with Crippen LogP contribution in [0.5, 0.6) is 0 Å². The fourth-order valence-corrected chi connectivity index (χ4v) is 2.86. The molecule has 1 aliphatic rings. The normalized spacial score (nSPS) is 13.4. The first-order chi connectivity index (χ1) is 14.1. The van der Waals surface area contributed by atoms with E-state index in [2.05, 4.69) is 25.6 Å². The van der Waals surface area contributed by atoms with Gasteiger partial charge < -0.3 is 10.1 Å². The van der Waals surface area contributed by atoms with Gasteiger partial charge in [0.1, 0.15) is 0 Å². The summed E-state index contributed by atoms with van der Waals surface area (Å²) in [7, 11) is 1.34. The number of hydrogen-bond acceptors (Lipinski definition) is 6. The summed E-state index contributed by atoms with van der Waals surface area (Å²) >= 11 is 0. The number of carbonyl (C=O) groups excluding carboxylic acids is 2. The highest BCUT2D eigenvalue weighted by Crippen LogP contribution is 2.36. The van der Waals surface area contributed by atoms with E-state index in [1.807, 2.05) is 28.9 Å². The Morgan fingerprint density at radius 3 is 2.48 bits per heavy atom. The highest BCUT2D eigenvalue weighted by atomic mass is 16.5. The Balaban J connectivity index is 1.37. The van der Waals surface area contributed by atoms with Crippen LogP contribution in [0.3, 0.4) is 0 Å². The van der Waals surface area contributed by atoms with E-state index < -0.39 is 5.97 Å². The SMILES string of the molecule is COC(=O)c1ccc(/C=C/C(=O)Nc2ccc(-c3nnnn3C3CC3)cc2)cc1. The molecule has 4 rings (SSSR count). The second kappa shape index (κ2) is 8.05. The molecule has 0 saturated heterocycles. The van der Waals surface area contributed by atoms with Crippen molar-refractivity contribution in [1.29, 1.82) is 0 Å². The topological polar surface area (TPSA) is 99.0 Å². The van der Waals surface area contributed by atoms with E-state index in [-0.39, 0.29) is 5.91 Å². The zero-order valence-corrected chi connectivity index (χ0v) is 15.8. The van der Waals surface area contributed by atoms with Crippen LogP contribution >= 0.6 is 0 Å². The molecule has 0 radical (unpaired) electrons. The molecule has 29 heavy (non-hydrogen) atoms. The van der Waals surface area contributed by atoms with Crippen LogP contribution in [0.2, 0.25) is 0 Å². The second-order valence-corrected chi connectivity index (χ2v) is 6.69. The summed E-state index contributed by atoms with van der Waals surface area (Å²) in [4.78, 5) is 23.6. The Morgan fingerprint density at radius 1 is 1.10 bits per heavy atom. The van der Waals surface area contributed by atoms with Crippen LogP contribution in [-0.2, 0) is 9.53 Å². The van der Waals surface area contributed by atoms with Crippen molar-refractivity contribution >= 4 is 23.6 Å². The molecule has 3 aromatic rings. The van der Waals surface area contributed by atoms with Gasteiger partial charge in [0.05, 0.1) is 18.7 Å². The van der Waals surface area contributed by atoms with Gasteiger partial charge in [0.2, 0.25) is 5.91 Å². The van der Waals surface area contributed by atoms with Crippen molar-refractivity contribution in [3.8, 4) is 11.4 Å². The zero-order valence-electron chi connectivity index (χ0n) is 15.8. The van der Waals surface area contributed by atoms with Gasteiger partial charge in [-0.1, -0.05) is 12.1 Å². The first kappa shape index (κ1) is 18.5. The van der Waals surface area contributed by atoms with Crippen LogP contribution in [0.1, 0.15) is 34.8 Å². The molecule has 1 aliphatic carbocycles. The third-order valence-electron chi connectivity index (χ3n) is 4.56. The van der Waals surface area contributed by atoms with Gasteiger partial charge in [0.15, 0.2) is 5.82 Å². The van der Waals surface area contributed by atoms with Crippen LogP contribution in [0.25, 0.3) is 17.5 Å². The van der Waals surface area contributed by atoms with Crippen molar-refractivity contribution in [2.75, 3.05) is 12.4 Å². The van der Waals surface area contributed by atoms with Gasteiger partial charge in [0, 0.05) is 17.3 Å². The minimum atomic E-state index is -0.395. The van der Waals surface area contributed by atoms with Crippen LogP contribution < -0.4 is 5.32 Å². The number of nitrogens with zero attached hydrogens (tertiary/aromatic N) is 4. The van der Waals surface area contributed by atoms with E-state index in [0.717, 1.165) is 29.8 Å². The number of hydrogen-bond donors (Lipinski definition) is 1. The van der Waals surface area contributed by atoms with Crippen LogP contribution in [-0.4, -0.2) is 39.2 Å². The maximum Gasteiger partial charge on any atom is 0.337 e. The van der Waals surface area contributed by atoms with E-state index in [9.17, 15) is 9.59 Å². The van der Waals surface area contributed by atoms with Crippen molar-refractivity contribution in [2.24, 2.45) is 0 Å². The van der Waals surface area contributed by atoms with Crippen molar-refractivity contribution in [1.82, 2.24) is 20.2 Å². The van der Waals surface area contributed by atoms with E-state index in [0.29, 0.717) is 17.3 Å². The molecular formula is C21H19N5O3. The number of tetrazole rings is 1. The maximum atomic E-state index is 12.2. The van der Waals surface area contributed by atoms with Crippen LogP contribution in [0.4, 0.5) is 5.69 Å². The third-order valence-corrected chi connectivity index (χ3v) is 4.56. The quantitative estimate of drug-likeness (QED) is 0.514.